The minimum atomic E-state index is -0.242. The smallest absolute Gasteiger partial charge is 0.249 e. The molecule has 1 saturated carbocycles. The van der Waals surface area contributed by atoms with Gasteiger partial charge in [0.05, 0.1) is 6.10 Å². The van der Waals surface area contributed by atoms with Crippen LogP contribution in [0.15, 0.2) is 0 Å². The molecule has 13 heavy (non-hydrogen) atoms. The molecule has 74 valence electrons. The fraction of sp³-hybridized carbons (Fsp3) is 0.889. The summed E-state index contributed by atoms with van der Waals surface area (Å²) >= 11 is 0. The maximum atomic E-state index is 11.5. The van der Waals surface area contributed by atoms with Gasteiger partial charge in [-0.15, -0.1) is 0 Å². The van der Waals surface area contributed by atoms with E-state index in [0.29, 0.717) is 12.6 Å². The molecule has 1 aliphatic heterocycles. The first-order valence-corrected chi connectivity index (χ1v) is 4.95. The monoisotopic (exact) mass is 184 g/mol. The zero-order chi connectivity index (χ0) is 9.26. The third-order valence-corrected chi connectivity index (χ3v) is 2.59. The summed E-state index contributed by atoms with van der Waals surface area (Å²) < 4.78 is 5.46. The van der Waals surface area contributed by atoms with E-state index in [4.69, 9.17) is 10.5 Å². The molecule has 0 unspecified atom stereocenters. The van der Waals surface area contributed by atoms with E-state index in [1.54, 1.807) is 0 Å². The van der Waals surface area contributed by atoms with Crippen molar-refractivity contribution in [3.8, 4) is 0 Å². The molecule has 0 aromatic heterocycles. The van der Waals surface area contributed by atoms with Crippen LogP contribution in [0, 0.1) is 0 Å². The van der Waals surface area contributed by atoms with Crippen LogP contribution in [0.2, 0.25) is 0 Å². The van der Waals surface area contributed by atoms with Gasteiger partial charge in [-0.25, -0.2) is 0 Å². The van der Waals surface area contributed by atoms with Crippen LogP contribution in [0.5, 0.6) is 0 Å². The summed E-state index contributed by atoms with van der Waals surface area (Å²) in [5.74, 6) is 0.0541. The van der Waals surface area contributed by atoms with Crippen molar-refractivity contribution in [2.75, 3.05) is 6.54 Å². The van der Waals surface area contributed by atoms with Crippen LogP contribution in [-0.2, 0) is 9.53 Å². The topological polar surface area (TPSA) is 64.4 Å². The predicted octanol–water partition coefficient (Wildman–Crippen LogP) is -0.229. The number of nitrogens with one attached hydrogen (secondary N) is 1. The molecule has 2 rings (SSSR count). The summed E-state index contributed by atoms with van der Waals surface area (Å²) in [6, 6.07) is 0.424. The number of hydrogen-bond acceptors (Lipinski definition) is 3. The first-order valence-electron chi connectivity index (χ1n) is 4.95. The molecule has 2 atom stereocenters. The maximum Gasteiger partial charge on any atom is 0.249 e. The zero-order valence-electron chi connectivity index (χ0n) is 7.66. The lowest BCUT2D eigenvalue weighted by Gasteiger charge is -2.11. The van der Waals surface area contributed by atoms with Crippen LogP contribution >= 0.6 is 0 Å². The van der Waals surface area contributed by atoms with Gasteiger partial charge in [0.1, 0.15) is 6.10 Å². The van der Waals surface area contributed by atoms with Gasteiger partial charge in [-0.2, -0.15) is 0 Å². The lowest BCUT2D eigenvalue weighted by atomic mass is 10.2. The van der Waals surface area contributed by atoms with Crippen LogP contribution in [0.4, 0.5) is 0 Å². The highest BCUT2D eigenvalue weighted by atomic mass is 16.5. The standard InChI is InChI=1S/C9H16N2O2/c10-5-7-3-4-8(13-7)9(12)11-6-1-2-6/h6-8H,1-5,10H2,(H,11,12)/t7-,8+/m1/s1. The van der Waals surface area contributed by atoms with Crippen molar-refractivity contribution in [1.29, 1.82) is 0 Å². The number of ether oxygens (including phenoxy) is 1. The molecule has 3 N–H and O–H groups in total. The molecular weight excluding hydrogens is 168 g/mol. The zero-order valence-corrected chi connectivity index (χ0v) is 7.66. The van der Waals surface area contributed by atoms with Gasteiger partial charge < -0.3 is 15.8 Å². The highest BCUT2D eigenvalue weighted by molar-refractivity contribution is 5.81. The van der Waals surface area contributed by atoms with Gasteiger partial charge in [-0.3, -0.25) is 4.79 Å². The molecule has 0 bridgehead atoms. The summed E-state index contributed by atoms with van der Waals surface area (Å²) in [6.45, 7) is 0.521. The molecule has 0 radical (unpaired) electrons. The van der Waals surface area contributed by atoms with Crippen molar-refractivity contribution in [3.05, 3.63) is 0 Å². The lowest BCUT2D eigenvalue weighted by Crippen LogP contribution is -2.36. The van der Waals surface area contributed by atoms with E-state index in [1.807, 2.05) is 0 Å². The van der Waals surface area contributed by atoms with Crippen LogP contribution in [0.3, 0.4) is 0 Å². The average Bonchev–Trinajstić information content (AvgIpc) is 2.82. The highest BCUT2D eigenvalue weighted by Crippen LogP contribution is 2.22. The van der Waals surface area contributed by atoms with Gasteiger partial charge in [0.2, 0.25) is 5.91 Å². The average molecular weight is 184 g/mol. The van der Waals surface area contributed by atoms with Crippen molar-refractivity contribution in [1.82, 2.24) is 5.32 Å². The van der Waals surface area contributed by atoms with Crippen molar-refractivity contribution in [2.24, 2.45) is 5.73 Å². The molecule has 2 aliphatic rings. The van der Waals surface area contributed by atoms with Gasteiger partial charge in [0.25, 0.3) is 0 Å². The Labute approximate surface area is 77.8 Å². The molecule has 1 aliphatic carbocycles. The largest absolute Gasteiger partial charge is 0.364 e. The molecule has 1 amide bonds. The van der Waals surface area contributed by atoms with Crippen LogP contribution in [0.1, 0.15) is 25.7 Å². The van der Waals surface area contributed by atoms with Crippen molar-refractivity contribution in [2.45, 2.75) is 43.9 Å². The summed E-state index contributed by atoms with van der Waals surface area (Å²) in [5.41, 5.74) is 5.45. The SMILES string of the molecule is NC[C@H]1CC[C@@H](C(=O)NC2CC2)O1. The Morgan fingerprint density at radius 3 is 2.69 bits per heavy atom. The molecule has 0 aromatic rings. The van der Waals surface area contributed by atoms with Gasteiger partial charge >= 0.3 is 0 Å². The van der Waals surface area contributed by atoms with Crippen LogP contribution in [-0.4, -0.2) is 30.7 Å². The number of carbonyl (C=O) groups excluding carboxylic acids is 1. The third kappa shape index (κ3) is 2.19. The summed E-state index contributed by atoms with van der Waals surface area (Å²) in [6.07, 6.45) is 3.83. The second-order valence-electron chi connectivity index (χ2n) is 3.84. The van der Waals surface area contributed by atoms with Crippen molar-refractivity contribution >= 4 is 5.91 Å². The molecule has 1 heterocycles. The molecule has 1 saturated heterocycles. The number of rotatable bonds is 3. The summed E-state index contributed by atoms with van der Waals surface area (Å²) in [4.78, 5) is 11.5. The maximum absolute atomic E-state index is 11.5. The fourth-order valence-corrected chi connectivity index (χ4v) is 1.59. The van der Waals surface area contributed by atoms with E-state index < -0.39 is 0 Å². The molecule has 0 spiro atoms. The number of nitrogens with two attached hydrogens (primary N) is 1. The Kier molecular flexibility index (Phi) is 2.51. The summed E-state index contributed by atoms with van der Waals surface area (Å²) in [7, 11) is 0. The van der Waals surface area contributed by atoms with Crippen molar-refractivity contribution in [3.63, 3.8) is 0 Å². The normalized spacial score (nSPS) is 33.3. The second-order valence-corrected chi connectivity index (χ2v) is 3.84. The van der Waals surface area contributed by atoms with Crippen LogP contribution < -0.4 is 11.1 Å². The van der Waals surface area contributed by atoms with Gasteiger partial charge in [0.15, 0.2) is 0 Å². The summed E-state index contributed by atoms with van der Waals surface area (Å²) in [5, 5.41) is 2.94. The van der Waals surface area contributed by atoms with Gasteiger partial charge in [-0.05, 0) is 25.7 Å². The highest BCUT2D eigenvalue weighted by Gasteiger charge is 2.33. The predicted molar refractivity (Wildman–Crippen MR) is 48.1 cm³/mol. The Balaban J connectivity index is 1.77. The van der Waals surface area contributed by atoms with E-state index in [9.17, 15) is 4.79 Å². The first-order chi connectivity index (χ1) is 6.29. The lowest BCUT2D eigenvalue weighted by molar-refractivity contribution is -0.131. The number of carbonyl (C=O) groups is 1. The quantitative estimate of drug-likeness (QED) is 0.637. The van der Waals surface area contributed by atoms with Crippen LogP contribution in [0.25, 0.3) is 0 Å². The van der Waals surface area contributed by atoms with Gasteiger partial charge in [0, 0.05) is 12.6 Å². The van der Waals surface area contributed by atoms with Crippen molar-refractivity contribution < 1.29 is 9.53 Å². The van der Waals surface area contributed by atoms with Gasteiger partial charge in [-0.1, -0.05) is 0 Å². The molecule has 0 aromatic carbocycles. The van der Waals surface area contributed by atoms with E-state index in [1.165, 1.54) is 0 Å². The van der Waals surface area contributed by atoms with E-state index in [-0.39, 0.29) is 18.1 Å². The molecule has 4 heteroatoms. The molecular formula is C9H16N2O2. The Hall–Kier alpha value is -0.610. The third-order valence-electron chi connectivity index (χ3n) is 2.59. The fourth-order valence-electron chi connectivity index (χ4n) is 1.59. The Morgan fingerprint density at radius 2 is 2.15 bits per heavy atom. The molecule has 2 fully saturated rings. The van der Waals surface area contributed by atoms with E-state index in [2.05, 4.69) is 5.32 Å². The number of amides is 1. The second kappa shape index (κ2) is 3.64. The van der Waals surface area contributed by atoms with E-state index >= 15 is 0 Å². The molecule has 4 nitrogen and oxygen atoms in total. The Morgan fingerprint density at radius 1 is 1.38 bits per heavy atom. The van der Waals surface area contributed by atoms with E-state index in [0.717, 1.165) is 25.7 Å². The first kappa shape index (κ1) is 8.97. The minimum Gasteiger partial charge on any atom is -0.364 e. The number of hydrogen-bond donors (Lipinski definition) is 2. The minimum absolute atomic E-state index is 0.0541. The Bertz CT molecular complexity index is 204.